The van der Waals surface area contributed by atoms with E-state index in [-0.39, 0.29) is 33.7 Å². The number of ether oxygens (including phenoxy) is 1. The van der Waals surface area contributed by atoms with Gasteiger partial charge in [-0.25, -0.2) is 17.6 Å². The van der Waals surface area contributed by atoms with Crippen LogP contribution in [0.4, 0.5) is 10.1 Å². The van der Waals surface area contributed by atoms with E-state index in [0.29, 0.717) is 10.9 Å². The lowest BCUT2D eigenvalue weighted by Gasteiger charge is -2.20. The predicted octanol–water partition coefficient (Wildman–Crippen LogP) is 3.15. The number of fused-ring (bicyclic) bond motifs is 3. The quantitative estimate of drug-likeness (QED) is 0.460. The number of nitrogens with one attached hydrogen (secondary N) is 2. The zero-order valence-electron chi connectivity index (χ0n) is 16.6. The van der Waals surface area contributed by atoms with Crippen LogP contribution in [0.25, 0.3) is 21.8 Å². The second-order valence-electron chi connectivity index (χ2n) is 6.78. The number of H-pyrrole nitrogens is 2. The molecule has 8 nitrogen and oxygen atoms in total. The summed E-state index contributed by atoms with van der Waals surface area (Å²) < 4.78 is 45.7. The minimum absolute atomic E-state index is 0.0591. The summed E-state index contributed by atoms with van der Waals surface area (Å²) in [6.45, 7) is 1.81. The van der Waals surface area contributed by atoms with Gasteiger partial charge in [-0.05, 0) is 49.4 Å². The minimum Gasteiger partial charge on any atom is -0.462 e. The van der Waals surface area contributed by atoms with Gasteiger partial charge < -0.3 is 14.7 Å². The van der Waals surface area contributed by atoms with Gasteiger partial charge in [0.05, 0.1) is 22.8 Å². The highest BCUT2D eigenvalue weighted by atomic mass is 32.2. The number of hydrogen-bond acceptors (Lipinski definition) is 5. The van der Waals surface area contributed by atoms with Crippen LogP contribution in [0.1, 0.15) is 17.3 Å². The Morgan fingerprint density at radius 3 is 2.55 bits per heavy atom. The molecule has 2 aromatic heterocycles. The first-order valence-electron chi connectivity index (χ1n) is 9.32. The molecule has 0 amide bonds. The molecule has 0 spiro atoms. The van der Waals surface area contributed by atoms with Gasteiger partial charge >= 0.3 is 5.97 Å². The van der Waals surface area contributed by atoms with E-state index in [1.807, 2.05) is 0 Å². The predicted molar refractivity (Wildman–Crippen MR) is 114 cm³/mol. The molecule has 0 unspecified atom stereocenters. The molecule has 0 aliphatic carbocycles. The number of pyridine rings is 1. The van der Waals surface area contributed by atoms with Crippen LogP contribution in [0.15, 0.2) is 58.4 Å². The molecule has 0 atom stereocenters. The number of aromatic nitrogens is 2. The van der Waals surface area contributed by atoms with Crippen LogP contribution in [0.3, 0.4) is 0 Å². The number of rotatable bonds is 5. The van der Waals surface area contributed by atoms with Crippen molar-refractivity contribution in [3.8, 4) is 0 Å². The molecule has 31 heavy (non-hydrogen) atoms. The van der Waals surface area contributed by atoms with Crippen LogP contribution in [-0.4, -0.2) is 38.0 Å². The van der Waals surface area contributed by atoms with Crippen molar-refractivity contribution in [1.82, 2.24) is 9.97 Å². The average Bonchev–Trinajstić information content (AvgIpc) is 3.20. The van der Waals surface area contributed by atoms with E-state index >= 15 is 0 Å². The third-order valence-electron chi connectivity index (χ3n) is 4.96. The number of nitrogens with zero attached hydrogens (tertiary/aromatic N) is 1. The van der Waals surface area contributed by atoms with Crippen molar-refractivity contribution in [3.63, 3.8) is 0 Å². The summed E-state index contributed by atoms with van der Waals surface area (Å²) in [5.74, 6) is -1.11. The second kappa shape index (κ2) is 7.55. The van der Waals surface area contributed by atoms with Crippen LogP contribution in [0, 0.1) is 5.82 Å². The number of hydrogen-bond donors (Lipinski definition) is 2. The molecule has 10 heteroatoms. The number of carbonyl (C=O) groups excluding carboxylic acids is 1. The van der Waals surface area contributed by atoms with Crippen molar-refractivity contribution in [2.24, 2.45) is 0 Å². The summed E-state index contributed by atoms with van der Waals surface area (Å²) >= 11 is 0. The average molecular weight is 443 g/mol. The SMILES string of the molecule is CCOC(=O)c1c[nH]c2c(=O)[nH]c3ccc(S(=O)(=O)N(C)c4ccc(F)cc4)cc3c12. The van der Waals surface area contributed by atoms with Crippen LogP contribution < -0.4 is 9.86 Å². The number of benzene rings is 2. The van der Waals surface area contributed by atoms with Gasteiger partial charge in [0.2, 0.25) is 0 Å². The highest BCUT2D eigenvalue weighted by Gasteiger charge is 2.24. The van der Waals surface area contributed by atoms with Crippen molar-refractivity contribution >= 4 is 43.5 Å². The first-order chi connectivity index (χ1) is 14.7. The van der Waals surface area contributed by atoms with Gasteiger partial charge in [-0.15, -0.1) is 0 Å². The van der Waals surface area contributed by atoms with Gasteiger partial charge in [0, 0.05) is 29.5 Å². The first-order valence-corrected chi connectivity index (χ1v) is 10.8. The van der Waals surface area contributed by atoms with Gasteiger partial charge in [-0.3, -0.25) is 9.10 Å². The van der Waals surface area contributed by atoms with Gasteiger partial charge in [0.25, 0.3) is 15.6 Å². The van der Waals surface area contributed by atoms with E-state index in [1.54, 1.807) is 6.92 Å². The number of esters is 1. The first kappa shape index (κ1) is 20.6. The third-order valence-corrected chi connectivity index (χ3v) is 6.74. The van der Waals surface area contributed by atoms with E-state index in [1.165, 1.54) is 55.7 Å². The van der Waals surface area contributed by atoms with Gasteiger partial charge in [0.1, 0.15) is 11.3 Å². The largest absolute Gasteiger partial charge is 0.462 e. The Morgan fingerprint density at radius 1 is 1.16 bits per heavy atom. The molecule has 4 rings (SSSR count). The van der Waals surface area contributed by atoms with Crippen LogP contribution in [-0.2, 0) is 14.8 Å². The fraction of sp³-hybridized carbons (Fsp3) is 0.143. The highest BCUT2D eigenvalue weighted by Crippen LogP contribution is 2.29. The third kappa shape index (κ3) is 3.44. The van der Waals surface area contributed by atoms with Gasteiger partial charge in [-0.1, -0.05) is 0 Å². The number of anilines is 1. The Bertz CT molecular complexity index is 1470. The summed E-state index contributed by atoms with van der Waals surface area (Å²) in [4.78, 5) is 30.1. The fourth-order valence-corrected chi connectivity index (χ4v) is 4.61. The lowest BCUT2D eigenvalue weighted by molar-refractivity contribution is 0.0529. The molecule has 0 saturated carbocycles. The molecule has 2 heterocycles. The van der Waals surface area contributed by atoms with Crippen LogP contribution in [0.5, 0.6) is 0 Å². The molecule has 0 fully saturated rings. The smallest absolute Gasteiger partial charge is 0.340 e. The van der Waals surface area contributed by atoms with E-state index in [9.17, 15) is 22.4 Å². The van der Waals surface area contributed by atoms with Gasteiger partial charge in [0.15, 0.2) is 0 Å². The molecule has 0 aliphatic heterocycles. The maximum absolute atomic E-state index is 13.2. The Morgan fingerprint density at radius 2 is 1.87 bits per heavy atom. The van der Waals surface area contributed by atoms with Crippen molar-refractivity contribution in [2.45, 2.75) is 11.8 Å². The fourth-order valence-electron chi connectivity index (χ4n) is 3.38. The lowest BCUT2D eigenvalue weighted by atomic mass is 10.1. The summed E-state index contributed by atoms with van der Waals surface area (Å²) in [6.07, 6.45) is 1.36. The second-order valence-corrected chi connectivity index (χ2v) is 8.75. The molecular weight excluding hydrogens is 425 g/mol. The molecule has 2 aromatic carbocycles. The molecule has 0 saturated heterocycles. The normalized spacial score (nSPS) is 11.7. The Kier molecular flexibility index (Phi) is 5.02. The Hall–Kier alpha value is -3.66. The summed E-state index contributed by atoms with van der Waals surface area (Å²) in [5, 5.41) is 0.645. The van der Waals surface area contributed by atoms with Crippen molar-refractivity contribution < 1.29 is 22.3 Å². The number of aromatic amines is 2. The molecule has 2 N–H and O–H groups in total. The molecule has 0 aliphatic rings. The summed E-state index contributed by atoms with van der Waals surface area (Å²) in [7, 11) is -2.65. The van der Waals surface area contributed by atoms with E-state index in [2.05, 4.69) is 9.97 Å². The zero-order chi connectivity index (χ0) is 22.3. The summed E-state index contributed by atoms with van der Waals surface area (Å²) in [6, 6.07) is 9.26. The number of halogens is 1. The van der Waals surface area contributed by atoms with Crippen molar-refractivity contribution in [3.05, 3.63) is 70.4 Å². The van der Waals surface area contributed by atoms with Crippen molar-refractivity contribution in [2.75, 3.05) is 18.0 Å². The van der Waals surface area contributed by atoms with E-state index < -0.39 is 27.4 Å². The summed E-state index contributed by atoms with van der Waals surface area (Å²) in [5.41, 5.74) is 0.469. The molecule has 0 radical (unpaired) electrons. The van der Waals surface area contributed by atoms with Crippen LogP contribution in [0.2, 0.25) is 0 Å². The maximum Gasteiger partial charge on any atom is 0.340 e. The number of carbonyl (C=O) groups is 1. The Labute approximate surface area is 176 Å². The minimum atomic E-state index is -4.01. The Balaban J connectivity index is 1.92. The highest BCUT2D eigenvalue weighted by molar-refractivity contribution is 7.92. The van der Waals surface area contributed by atoms with Gasteiger partial charge in [-0.2, -0.15) is 0 Å². The van der Waals surface area contributed by atoms with E-state index in [0.717, 1.165) is 4.31 Å². The zero-order valence-corrected chi connectivity index (χ0v) is 17.4. The number of sulfonamides is 1. The van der Waals surface area contributed by atoms with Crippen LogP contribution >= 0.6 is 0 Å². The molecule has 4 aromatic rings. The topological polar surface area (TPSA) is 112 Å². The maximum atomic E-state index is 13.2. The molecule has 160 valence electrons. The molecular formula is C21H18FN3O5S. The standard InChI is InChI=1S/C21H18FN3O5S/c1-3-30-21(27)16-11-23-19-18(16)15-10-14(8-9-17(15)24-20(19)26)31(28,29)25(2)13-6-4-12(22)5-7-13/h4-11,23H,3H2,1-2H3,(H,24,26). The van der Waals surface area contributed by atoms with E-state index in [4.69, 9.17) is 4.74 Å². The molecule has 0 bridgehead atoms. The lowest BCUT2D eigenvalue weighted by Crippen LogP contribution is -2.26. The van der Waals surface area contributed by atoms with Crippen molar-refractivity contribution in [1.29, 1.82) is 0 Å². The monoisotopic (exact) mass is 443 g/mol.